The lowest BCUT2D eigenvalue weighted by Gasteiger charge is -2.35. The van der Waals surface area contributed by atoms with Crippen LogP contribution in [0.15, 0.2) is 0 Å². The van der Waals surface area contributed by atoms with Gasteiger partial charge < -0.3 is 15.3 Å². The van der Waals surface area contributed by atoms with E-state index in [0.29, 0.717) is 6.54 Å². The van der Waals surface area contributed by atoms with Crippen molar-refractivity contribution in [3.8, 4) is 0 Å². The number of carbonyl (C=O) groups is 1. The van der Waals surface area contributed by atoms with E-state index in [4.69, 9.17) is 5.11 Å². The maximum absolute atomic E-state index is 10.7. The molecule has 2 N–H and O–H groups in total. The van der Waals surface area contributed by atoms with E-state index in [1.54, 1.807) is 4.90 Å². The number of amides is 1. The van der Waals surface area contributed by atoms with Crippen LogP contribution in [0.25, 0.3) is 0 Å². The van der Waals surface area contributed by atoms with Crippen molar-refractivity contribution in [2.45, 2.75) is 25.3 Å². The van der Waals surface area contributed by atoms with Gasteiger partial charge in [-0.15, -0.1) is 0 Å². The summed E-state index contributed by atoms with van der Waals surface area (Å²) in [5.74, 6) is 0. The molecule has 0 aliphatic heterocycles. The Kier molecular flexibility index (Phi) is 3.34. The zero-order chi connectivity index (χ0) is 8.97. The Morgan fingerprint density at radius 1 is 1.67 bits per heavy atom. The fourth-order valence-electron chi connectivity index (χ4n) is 1.37. The molecule has 1 amide bonds. The lowest BCUT2D eigenvalue weighted by molar-refractivity contribution is 0.0983. The van der Waals surface area contributed by atoms with Gasteiger partial charge in [-0.3, -0.25) is 0 Å². The summed E-state index contributed by atoms with van der Waals surface area (Å²) in [5, 5.41) is 11.8. The third kappa shape index (κ3) is 2.11. The lowest BCUT2D eigenvalue weighted by Crippen LogP contribution is -2.46. The van der Waals surface area contributed by atoms with E-state index in [1.807, 2.05) is 7.05 Å². The first kappa shape index (κ1) is 9.32. The van der Waals surface area contributed by atoms with Crippen molar-refractivity contribution in [3.63, 3.8) is 0 Å². The standard InChI is InChI=1S/C8H16N2O2/c1-9-5-6-10(8(11)12)7-3-2-4-7/h7,9H,2-6H2,1H3,(H,11,12). The van der Waals surface area contributed by atoms with Gasteiger partial charge in [0.15, 0.2) is 0 Å². The summed E-state index contributed by atoms with van der Waals surface area (Å²) in [7, 11) is 1.83. The van der Waals surface area contributed by atoms with Gasteiger partial charge >= 0.3 is 6.09 Å². The maximum Gasteiger partial charge on any atom is 0.407 e. The SMILES string of the molecule is CNCCN(C(=O)O)C1CCC1. The van der Waals surface area contributed by atoms with Gasteiger partial charge in [-0.1, -0.05) is 0 Å². The van der Waals surface area contributed by atoms with Crippen LogP contribution in [0.2, 0.25) is 0 Å². The number of carboxylic acid groups (broad SMARTS) is 1. The van der Waals surface area contributed by atoms with Crippen LogP contribution in [0.5, 0.6) is 0 Å². The Labute approximate surface area is 72.6 Å². The average molecular weight is 172 g/mol. The zero-order valence-electron chi connectivity index (χ0n) is 7.42. The van der Waals surface area contributed by atoms with Crippen molar-refractivity contribution in [3.05, 3.63) is 0 Å². The van der Waals surface area contributed by atoms with Crippen LogP contribution in [-0.4, -0.2) is 42.3 Å². The molecular weight excluding hydrogens is 156 g/mol. The van der Waals surface area contributed by atoms with Gasteiger partial charge in [0.05, 0.1) is 0 Å². The topological polar surface area (TPSA) is 52.6 Å². The summed E-state index contributed by atoms with van der Waals surface area (Å²) >= 11 is 0. The number of nitrogens with zero attached hydrogens (tertiary/aromatic N) is 1. The second-order valence-corrected chi connectivity index (χ2v) is 3.16. The summed E-state index contributed by atoms with van der Waals surface area (Å²) in [4.78, 5) is 12.3. The van der Waals surface area contributed by atoms with E-state index < -0.39 is 6.09 Å². The van der Waals surface area contributed by atoms with Crippen molar-refractivity contribution < 1.29 is 9.90 Å². The molecule has 4 nitrogen and oxygen atoms in total. The van der Waals surface area contributed by atoms with Gasteiger partial charge in [0.2, 0.25) is 0 Å². The Hall–Kier alpha value is -0.770. The molecule has 70 valence electrons. The highest BCUT2D eigenvalue weighted by atomic mass is 16.4. The normalized spacial score (nSPS) is 17.1. The van der Waals surface area contributed by atoms with E-state index in [2.05, 4.69) is 5.32 Å². The minimum Gasteiger partial charge on any atom is -0.465 e. The Morgan fingerprint density at radius 3 is 2.67 bits per heavy atom. The highest BCUT2D eigenvalue weighted by molar-refractivity contribution is 5.65. The highest BCUT2D eigenvalue weighted by Gasteiger charge is 2.27. The van der Waals surface area contributed by atoms with Gasteiger partial charge in [-0.25, -0.2) is 4.79 Å². The molecule has 0 radical (unpaired) electrons. The van der Waals surface area contributed by atoms with Gasteiger partial charge in [0.25, 0.3) is 0 Å². The molecule has 0 aromatic carbocycles. The molecule has 4 heteroatoms. The number of hydrogen-bond donors (Lipinski definition) is 2. The van der Waals surface area contributed by atoms with Crippen molar-refractivity contribution in [2.75, 3.05) is 20.1 Å². The van der Waals surface area contributed by atoms with Crippen molar-refractivity contribution in [1.82, 2.24) is 10.2 Å². The van der Waals surface area contributed by atoms with Crippen LogP contribution in [0.3, 0.4) is 0 Å². The largest absolute Gasteiger partial charge is 0.465 e. The number of likely N-dealkylation sites (N-methyl/N-ethyl adjacent to an activating group) is 1. The van der Waals surface area contributed by atoms with Crippen LogP contribution in [0, 0.1) is 0 Å². The van der Waals surface area contributed by atoms with Crippen molar-refractivity contribution in [2.24, 2.45) is 0 Å². The average Bonchev–Trinajstić information content (AvgIpc) is 1.93. The molecule has 12 heavy (non-hydrogen) atoms. The minimum atomic E-state index is -0.782. The summed E-state index contributed by atoms with van der Waals surface area (Å²) in [5.41, 5.74) is 0. The summed E-state index contributed by atoms with van der Waals surface area (Å²) in [6.45, 7) is 1.35. The smallest absolute Gasteiger partial charge is 0.407 e. The first-order chi connectivity index (χ1) is 5.75. The van der Waals surface area contributed by atoms with E-state index in [-0.39, 0.29) is 6.04 Å². The summed E-state index contributed by atoms with van der Waals surface area (Å²) in [6, 6.07) is 0.288. The van der Waals surface area contributed by atoms with Crippen LogP contribution in [-0.2, 0) is 0 Å². The van der Waals surface area contributed by atoms with Gasteiger partial charge in [-0.2, -0.15) is 0 Å². The van der Waals surface area contributed by atoms with Gasteiger partial charge in [0.1, 0.15) is 0 Å². The molecule has 0 aromatic rings. The van der Waals surface area contributed by atoms with E-state index >= 15 is 0 Å². The Bertz CT molecular complexity index is 157. The van der Waals surface area contributed by atoms with E-state index in [1.165, 1.54) is 6.42 Å². The first-order valence-corrected chi connectivity index (χ1v) is 4.40. The molecule has 1 aliphatic rings. The summed E-state index contributed by atoms with van der Waals surface area (Å²) in [6.07, 6.45) is 2.47. The van der Waals surface area contributed by atoms with Crippen LogP contribution in [0.1, 0.15) is 19.3 Å². The molecule has 0 spiro atoms. The third-order valence-corrected chi connectivity index (χ3v) is 2.36. The minimum absolute atomic E-state index is 0.288. The van der Waals surface area contributed by atoms with Gasteiger partial charge in [0, 0.05) is 19.1 Å². The fraction of sp³-hybridized carbons (Fsp3) is 0.875. The van der Waals surface area contributed by atoms with Crippen molar-refractivity contribution in [1.29, 1.82) is 0 Å². The molecule has 0 saturated heterocycles. The third-order valence-electron chi connectivity index (χ3n) is 2.36. The Morgan fingerprint density at radius 2 is 2.33 bits per heavy atom. The molecule has 0 unspecified atom stereocenters. The molecule has 0 aromatic heterocycles. The van der Waals surface area contributed by atoms with Crippen LogP contribution < -0.4 is 5.32 Å². The number of hydrogen-bond acceptors (Lipinski definition) is 2. The number of nitrogens with one attached hydrogen (secondary N) is 1. The fourth-order valence-corrected chi connectivity index (χ4v) is 1.37. The maximum atomic E-state index is 10.7. The Balaban J connectivity index is 2.32. The summed E-state index contributed by atoms with van der Waals surface area (Å²) < 4.78 is 0. The predicted molar refractivity (Wildman–Crippen MR) is 46.3 cm³/mol. The monoisotopic (exact) mass is 172 g/mol. The second-order valence-electron chi connectivity index (χ2n) is 3.16. The molecule has 0 heterocycles. The van der Waals surface area contributed by atoms with E-state index in [9.17, 15) is 4.79 Å². The molecule has 0 bridgehead atoms. The quantitative estimate of drug-likeness (QED) is 0.657. The second kappa shape index (κ2) is 4.30. The number of rotatable bonds is 4. The molecule has 1 rings (SSSR count). The molecule has 1 aliphatic carbocycles. The molecule has 0 atom stereocenters. The first-order valence-electron chi connectivity index (χ1n) is 4.40. The van der Waals surface area contributed by atoms with Gasteiger partial charge in [-0.05, 0) is 26.3 Å². The molecule has 1 saturated carbocycles. The molecule has 1 fully saturated rings. The zero-order valence-corrected chi connectivity index (χ0v) is 7.42. The predicted octanol–water partition coefficient (Wildman–Crippen LogP) is 0.738. The highest BCUT2D eigenvalue weighted by Crippen LogP contribution is 2.24. The molecular formula is C8H16N2O2. The van der Waals surface area contributed by atoms with E-state index in [0.717, 1.165) is 19.4 Å². The lowest BCUT2D eigenvalue weighted by atomic mass is 9.92. The van der Waals surface area contributed by atoms with Crippen LogP contribution >= 0.6 is 0 Å². The van der Waals surface area contributed by atoms with Crippen LogP contribution in [0.4, 0.5) is 4.79 Å². The van der Waals surface area contributed by atoms with Crippen molar-refractivity contribution >= 4 is 6.09 Å².